The summed E-state index contributed by atoms with van der Waals surface area (Å²) in [4.78, 5) is 0. The smallest absolute Gasteiger partial charge is 0.0585 e. The summed E-state index contributed by atoms with van der Waals surface area (Å²) in [5, 5.41) is 4.28. The number of nitrogens with one attached hydrogen (secondary N) is 1. The molecule has 1 aromatic rings. The van der Waals surface area contributed by atoms with E-state index in [1.165, 1.54) is 18.5 Å². The van der Waals surface area contributed by atoms with Crippen LogP contribution >= 0.6 is 11.6 Å². The number of aryl methyl sites for hydroxylation is 1. The number of hydrogen-bond donors (Lipinski definition) is 1. The maximum Gasteiger partial charge on any atom is 0.0585 e. The van der Waals surface area contributed by atoms with Gasteiger partial charge in [-0.05, 0) is 24.9 Å². The van der Waals surface area contributed by atoms with E-state index in [4.69, 9.17) is 11.6 Å². The Hall–Kier alpha value is -0.470. The molecular formula is C12H21ClN2. The molecule has 1 heterocycles. The van der Waals surface area contributed by atoms with Crippen molar-refractivity contribution in [1.82, 2.24) is 9.88 Å². The number of halogens is 1. The van der Waals surface area contributed by atoms with Crippen LogP contribution in [-0.4, -0.2) is 11.1 Å². The van der Waals surface area contributed by atoms with Gasteiger partial charge in [0.2, 0.25) is 0 Å². The van der Waals surface area contributed by atoms with Crippen molar-refractivity contribution in [3.63, 3.8) is 0 Å². The molecule has 0 saturated carbocycles. The van der Waals surface area contributed by atoms with Crippen molar-refractivity contribution in [2.75, 3.05) is 6.54 Å². The summed E-state index contributed by atoms with van der Waals surface area (Å²) in [6.45, 7) is 6.50. The molecule has 0 spiro atoms. The van der Waals surface area contributed by atoms with Crippen LogP contribution in [0.25, 0.3) is 0 Å². The lowest BCUT2D eigenvalue weighted by molar-refractivity contribution is 0.471. The van der Waals surface area contributed by atoms with Crippen LogP contribution in [0.1, 0.15) is 32.4 Å². The number of rotatable bonds is 6. The molecule has 0 saturated heterocycles. The van der Waals surface area contributed by atoms with Crippen molar-refractivity contribution in [2.45, 2.75) is 33.2 Å². The maximum absolute atomic E-state index is 5.91. The van der Waals surface area contributed by atoms with E-state index in [0.29, 0.717) is 0 Å². The van der Waals surface area contributed by atoms with Gasteiger partial charge in [-0.1, -0.05) is 31.9 Å². The molecule has 86 valence electrons. The predicted octanol–water partition coefficient (Wildman–Crippen LogP) is 3.20. The Bertz CT molecular complexity index is 294. The van der Waals surface area contributed by atoms with Gasteiger partial charge in [0.1, 0.15) is 0 Å². The summed E-state index contributed by atoms with van der Waals surface area (Å²) in [6.07, 6.45) is 4.49. The quantitative estimate of drug-likeness (QED) is 0.791. The van der Waals surface area contributed by atoms with Crippen molar-refractivity contribution < 1.29 is 0 Å². The van der Waals surface area contributed by atoms with E-state index in [9.17, 15) is 0 Å². The van der Waals surface area contributed by atoms with Crippen LogP contribution in [0.15, 0.2) is 12.3 Å². The van der Waals surface area contributed by atoms with Gasteiger partial charge in [0.15, 0.2) is 0 Å². The molecule has 1 atom stereocenters. The van der Waals surface area contributed by atoms with E-state index in [1.54, 1.807) is 0 Å². The lowest BCUT2D eigenvalue weighted by Crippen LogP contribution is -2.21. The van der Waals surface area contributed by atoms with Gasteiger partial charge in [0, 0.05) is 25.5 Å². The normalized spacial score (nSPS) is 13.1. The zero-order valence-electron chi connectivity index (χ0n) is 9.89. The SMILES string of the molecule is CCCC(C)CNCc1cc(Cl)cn1C. The topological polar surface area (TPSA) is 17.0 Å². The fourth-order valence-electron chi connectivity index (χ4n) is 1.78. The highest BCUT2D eigenvalue weighted by Crippen LogP contribution is 2.12. The molecule has 2 nitrogen and oxygen atoms in total. The van der Waals surface area contributed by atoms with Crippen LogP contribution in [-0.2, 0) is 13.6 Å². The molecule has 1 rings (SSSR count). The van der Waals surface area contributed by atoms with E-state index in [1.807, 2.05) is 19.3 Å². The minimum atomic E-state index is 0.755. The van der Waals surface area contributed by atoms with Gasteiger partial charge in [0.25, 0.3) is 0 Å². The zero-order chi connectivity index (χ0) is 11.3. The van der Waals surface area contributed by atoms with Crippen LogP contribution in [0, 0.1) is 5.92 Å². The highest BCUT2D eigenvalue weighted by Gasteiger charge is 2.03. The Morgan fingerprint density at radius 1 is 1.53 bits per heavy atom. The predicted molar refractivity (Wildman–Crippen MR) is 66.2 cm³/mol. The van der Waals surface area contributed by atoms with E-state index < -0.39 is 0 Å². The van der Waals surface area contributed by atoms with E-state index in [-0.39, 0.29) is 0 Å². The van der Waals surface area contributed by atoms with Crippen LogP contribution in [0.2, 0.25) is 5.02 Å². The van der Waals surface area contributed by atoms with Crippen LogP contribution in [0.3, 0.4) is 0 Å². The first kappa shape index (κ1) is 12.6. The second-order valence-corrected chi connectivity index (χ2v) is 4.72. The van der Waals surface area contributed by atoms with Gasteiger partial charge in [-0.25, -0.2) is 0 Å². The average Bonchev–Trinajstić information content (AvgIpc) is 2.46. The molecule has 1 N–H and O–H groups in total. The molecule has 0 fully saturated rings. The molecule has 1 aromatic heterocycles. The number of aromatic nitrogens is 1. The Balaban J connectivity index is 2.28. The molecule has 0 radical (unpaired) electrons. The summed E-state index contributed by atoms with van der Waals surface area (Å²) in [7, 11) is 2.03. The highest BCUT2D eigenvalue weighted by atomic mass is 35.5. The Kier molecular flexibility index (Phi) is 5.20. The largest absolute Gasteiger partial charge is 0.352 e. The number of hydrogen-bond acceptors (Lipinski definition) is 1. The summed E-state index contributed by atoms with van der Waals surface area (Å²) in [5.74, 6) is 0.755. The van der Waals surface area contributed by atoms with Crippen molar-refractivity contribution in [1.29, 1.82) is 0 Å². The van der Waals surface area contributed by atoms with Gasteiger partial charge in [-0.2, -0.15) is 0 Å². The first-order chi connectivity index (χ1) is 7.13. The van der Waals surface area contributed by atoms with Gasteiger partial charge in [-0.15, -0.1) is 0 Å². The lowest BCUT2D eigenvalue weighted by Gasteiger charge is -2.11. The van der Waals surface area contributed by atoms with Gasteiger partial charge < -0.3 is 9.88 Å². The van der Waals surface area contributed by atoms with Gasteiger partial charge in [-0.3, -0.25) is 0 Å². The monoisotopic (exact) mass is 228 g/mol. The molecule has 0 aliphatic rings. The fraction of sp³-hybridized carbons (Fsp3) is 0.667. The van der Waals surface area contributed by atoms with E-state index in [0.717, 1.165) is 24.0 Å². The van der Waals surface area contributed by atoms with Crippen molar-refractivity contribution >= 4 is 11.6 Å². The van der Waals surface area contributed by atoms with Crippen LogP contribution < -0.4 is 5.32 Å². The average molecular weight is 229 g/mol. The third-order valence-electron chi connectivity index (χ3n) is 2.65. The molecule has 0 bridgehead atoms. The molecule has 15 heavy (non-hydrogen) atoms. The Morgan fingerprint density at radius 2 is 2.27 bits per heavy atom. The second-order valence-electron chi connectivity index (χ2n) is 4.29. The summed E-state index contributed by atoms with van der Waals surface area (Å²) < 4.78 is 2.07. The Labute approximate surface area is 97.6 Å². The van der Waals surface area contributed by atoms with Gasteiger partial charge >= 0.3 is 0 Å². The molecule has 0 aliphatic heterocycles. The maximum atomic E-state index is 5.91. The molecular weight excluding hydrogens is 208 g/mol. The molecule has 0 aromatic carbocycles. The third kappa shape index (κ3) is 4.27. The molecule has 1 unspecified atom stereocenters. The summed E-state index contributed by atoms with van der Waals surface area (Å²) in [5.41, 5.74) is 1.24. The minimum absolute atomic E-state index is 0.755. The van der Waals surface area contributed by atoms with E-state index >= 15 is 0 Å². The first-order valence-electron chi connectivity index (χ1n) is 5.65. The minimum Gasteiger partial charge on any atom is -0.352 e. The van der Waals surface area contributed by atoms with Crippen LogP contribution in [0.5, 0.6) is 0 Å². The first-order valence-corrected chi connectivity index (χ1v) is 6.02. The number of nitrogens with zero attached hydrogens (tertiary/aromatic N) is 1. The molecule has 3 heteroatoms. The second kappa shape index (κ2) is 6.19. The summed E-state index contributed by atoms with van der Waals surface area (Å²) in [6, 6.07) is 2.01. The van der Waals surface area contributed by atoms with Crippen LogP contribution in [0.4, 0.5) is 0 Å². The zero-order valence-corrected chi connectivity index (χ0v) is 10.6. The lowest BCUT2D eigenvalue weighted by atomic mass is 10.1. The van der Waals surface area contributed by atoms with Gasteiger partial charge in [0.05, 0.1) is 5.02 Å². The third-order valence-corrected chi connectivity index (χ3v) is 2.86. The highest BCUT2D eigenvalue weighted by molar-refractivity contribution is 6.30. The molecule has 0 aliphatic carbocycles. The van der Waals surface area contributed by atoms with Crippen molar-refractivity contribution in [3.05, 3.63) is 23.0 Å². The molecule has 0 amide bonds. The van der Waals surface area contributed by atoms with Crippen molar-refractivity contribution in [3.8, 4) is 0 Å². The van der Waals surface area contributed by atoms with Crippen molar-refractivity contribution in [2.24, 2.45) is 13.0 Å². The summed E-state index contributed by atoms with van der Waals surface area (Å²) >= 11 is 5.91. The fourth-order valence-corrected chi connectivity index (χ4v) is 2.06. The Morgan fingerprint density at radius 3 is 2.80 bits per heavy atom. The van der Waals surface area contributed by atoms with E-state index in [2.05, 4.69) is 23.7 Å². The standard InChI is InChI=1S/C12H21ClN2/c1-4-5-10(2)7-14-8-12-6-11(13)9-15(12)3/h6,9-10,14H,4-5,7-8H2,1-3H3.